The van der Waals surface area contributed by atoms with Crippen molar-refractivity contribution >= 4 is 11.9 Å². The Morgan fingerprint density at radius 1 is 1.29 bits per heavy atom. The molecule has 0 aliphatic carbocycles. The van der Waals surface area contributed by atoms with Crippen LogP contribution in [0.15, 0.2) is 0 Å². The van der Waals surface area contributed by atoms with Crippen molar-refractivity contribution in [2.45, 2.75) is 45.4 Å². The number of methoxy groups -OCH3 is 1. The van der Waals surface area contributed by atoms with Gasteiger partial charge in [0, 0.05) is 19.6 Å². The Balaban J connectivity index is 2.57. The first-order valence-corrected chi connectivity index (χ1v) is 8.26. The molecule has 1 aliphatic rings. The lowest BCUT2D eigenvalue weighted by Crippen LogP contribution is -2.51. The molecule has 0 bridgehead atoms. The quantitative estimate of drug-likeness (QED) is 0.269. The molecule has 0 aromatic heterocycles. The molecule has 1 saturated heterocycles. The molecule has 7 nitrogen and oxygen atoms in total. The van der Waals surface area contributed by atoms with Gasteiger partial charge < -0.3 is 23.8 Å². The molecule has 7 heteroatoms. The number of nitrogens with zero attached hydrogens (tertiary/aromatic N) is 1. The van der Waals surface area contributed by atoms with Crippen LogP contribution >= 0.6 is 0 Å². The molecule has 1 unspecified atom stereocenters. The molecule has 24 heavy (non-hydrogen) atoms. The minimum Gasteiger partial charge on any atom is -0.467 e. The van der Waals surface area contributed by atoms with Crippen molar-refractivity contribution in [3.8, 4) is 11.8 Å². The molecule has 1 fully saturated rings. The largest absolute Gasteiger partial charge is 0.467 e. The summed E-state index contributed by atoms with van der Waals surface area (Å²) < 4.78 is 20.8. The van der Waals surface area contributed by atoms with Gasteiger partial charge in [-0.05, 0) is 26.7 Å². The number of carbonyl (C=O) groups excluding carboxylic acids is 2. The summed E-state index contributed by atoms with van der Waals surface area (Å²) in [5.41, 5.74) is 0. The van der Waals surface area contributed by atoms with Gasteiger partial charge in [-0.15, -0.1) is 0 Å². The van der Waals surface area contributed by atoms with Gasteiger partial charge in [0.15, 0.2) is 6.29 Å². The molecule has 1 rings (SSSR count). The van der Waals surface area contributed by atoms with Crippen LogP contribution in [-0.4, -0.2) is 69.2 Å². The number of rotatable bonds is 9. The molecule has 0 radical (unpaired) electrons. The summed E-state index contributed by atoms with van der Waals surface area (Å²) in [6.07, 6.45) is 1.74. The number of carbonyl (C=O) groups is 2. The molecule has 0 N–H and O–H groups in total. The van der Waals surface area contributed by atoms with Crippen LogP contribution in [0, 0.1) is 11.8 Å². The fourth-order valence-electron chi connectivity index (χ4n) is 2.47. The van der Waals surface area contributed by atoms with Crippen molar-refractivity contribution < 1.29 is 28.5 Å². The topological polar surface area (TPSA) is 74.3 Å². The SMILES string of the molecule is CCOC(OCC)C1CCCC(=O)N1CC#CCOCC(=O)OC. The summed E-state index contributed by atoms with van der Waals surface area (Å²) in [7, 11) is 1.30. The van der Waals surface area contributed by atoms with Crippen molar-refractivity contribution in [1.29, 1.82) is 0 Å². The third-order valence-electron chi connectivity index (χ3n) is 3.58. The summed E-state index contributed by atoms with van der Waals surface area (Å²) in [6, 6.07) is -0.128. The Morgan fingerprint density at radius 3 is 2.62 bits per heavy atom. The van der Waals surface area contributed by atoms with E-state index in [2.05, 4.69) is 16.6 Å². The Bertz CT molecular complexity index is 450. The van der Waals surface area contributed by atoms with Crippen LogP contribution in [0.2, 0.25) is 0 Å². The zero-order chi connectivity index (χ0) is 17.8. The second kappa shape index (κ2) is 11.8. The maximum atomic E-state index is 12.2. The lowest BCUT2D eigenvalue weighted by atomic mass is 10.0. The molecular formula is C17H27NO6. The van der Waals surface area contributed by atoms with Crippen molar-refractivity contribution in [2.24, 2.45) is 0 Å². The third-order valence-corrected chi connectivity index (χ3v) is 3.58. The summed E-state index contributed by atoms with van der Waals surface area (Å²) in [6.45, 7) is 5.13. The van der Waals surface area contributed by atoms with E-state index in [0.29, 0.717) is 26.2 Å². The first-order chi connectivity index (χ1) is 11.6. The van der Waals surface area contributed by atoms with Gasteiger partial charge in [0.25, 0.3) is 0 Å². The lowest BCUT2D eigenvalue weighted by Gasteiger charge is -2.38. The zero-order valence-corrected chi connectivity index (χ0v) is 14.7. The predicted molar refractivity (Wildman–Crippen MR) is 87.0 cm³/mol. The summed E-state index contributed by atoms with van der Waals surface area (Å²) >= 11 is 0. The number of ether oxygens (including phenoxy) is 4. The predicted octanol–water partition coefficient (Wildman–Crippen LogP) is 0.960. The van der Waals surface area contributed by atoms with Crippen LogP contribution in [0.4, 0.5) is 0 Å². The standard InChI is InChI=1S/C17H27NO6/c1-4-23-17(24-5-2)14-9-8-10-15(19)18(14)11-6-7-12-22-13-16(20)21-3/h14,17H,4-5,8-13H2,1-3H3. The van der Waals surface area contributed by atoms with Crippen molar-refractivity contribution in [3.63, 3.8) is 0 Å². The van der Waals surface area contributed by atoms with E-state index in [4.69, 9.17) is 14.2 Å². The third kappa shape index (κ3) is 6.87. The maximum Gasteiger partial charge on any atom is 0.331 e. The number of amides is 1. The maximum absolute atomic E-state index is 12.2. The van der Waals surface area contributed by atoms with E-state index in [1.165, 1.54) is 7.11 Å². The van der Waals surface area contributed by atoms with Crippen LogP contribution in [0.3, 0.4) is 0 Å². The first-order valence-electron chi connectivity index (χ1n) is 8.26. The van der Waals surface area contributed by atoms with Gasteiger partial charge in [0.1, 0.15) is 13.2 Å². The number of hydrogen-bond donors (Lipinski definition) is 0. The van der Waals surface area contributed by atoms with Crippen molar-refractivity contribution in [2.75, 3.05) is 40.1 Å². The van der Waals surface area contributed by atoms with Crippen molar-refractivity contribution in [1.82, 2.24) is 4.90 Å². The lowest BCUT2D eigenvalue weighted by molar-refractivity contribution is -0.185. The van der Waals surface area contributed by atoms with Gasteiger partial charge in [-0.25, -0.2) is 4.79 Å². The second-order valence-corrected chi connectivity index (χ2v) is 5.18. The van der Waals surface area contributed by atoms with Crippen LogP contribution in [0.5, 0.6) is 0 Å². The van der Waals surface area contributed by atoms with E-state index in [-0.39, 0.29) is 25.2 Å². The summed E-state index contributed by atoms with van der Waals surface area (Å²) in [4.78, 5) is 24.8. The van der Waals surface area contributed by atoms with E-state index in [1.807, 2.05) is 13.8 Å². The number of piperidine rings is 1. The zero-order valence-electron chi connectivity index (χ0n) is 14.7. The van der Waals surface area contributed by atoms with E-state index in [9.17, 15) is 9.59 Å². The highest BCUT2D eigenvalue weighted by molar-refractivity contribution is 5.77. The molecule has 136 valence electrons. The molecule has 1 aliphatic heterocycles. The normalized spacial score (nSPS) is 17.6. The molecule has 0 saturated carbocycles. The fraction of sp³-hybridized carbons (Fsp3) is 0.765. The van der Waals surface area contributed by atoms with E-state index < -0.39 is 12.3 Å². The van der Waals surface area contributed by atoms with Crippen LogP contribution in [0.25, 0.3) is 0 Å². The Kier molecular flexibility index (Phi) is 10.1. The van der Waals surface area contributed by atoms with Crippen LogP contribution in [0.1, 0.15) is 33.1 Å². The molecule has 0 aromatic rings. The van der Waals surface area contributed by atoms with Crippen LogP contribution < -0.4 is 0 Å². The Labute approximate surface area is 143 Å². The Hall–Kier alpha value is -1.62. The minimum absolute atomic E-state index is 0.0560. The van der Waals surface area contributed by atoms with Gasteiger partial charge in [-0.2, -0.15) is 0 Å². The highest BCUT2D eigenvalue weighted by Gasteiger charge is 2.34. The second-order valence-electron chi connectivity index (χ2n) is 5.18. The molecule has 0 aromatic carbocycles. The van der Waals surface area contributed by atoms with Gasteiger partial charge in [0.2, 0.25) is 5.91 Å². The minimum atomic E-state index is -0.445. The molecule has 1 amide bonds. The van der Waals surface area contributed by atoms with Gasteiger partial charge in [-0.3, -0.25) is 4.79 Å². The van der Waals surface area contributed by atoms with E-state index in [1.54, 1.807) is 4.90 Å². The molecule has 1 heterocycles. The van der Waals surface area contributed by atoms with Crippen molar-refractivity contribution in [3.05, 3.63) is 0 Å². The number of hydrogen-bond acceptors (Lipinski definition) is 6. The fourth-order valence-corrected chi connectivity index (χ4v) is 2.47. The van der Waals surface area contributed by atoms with Gasteiger partial charge >= 0.3 is 5.97 Å². The van der Waals surface area contributed by atoms with E-state index >= 15 is 0 Å². The van der Waals surface area contributed by atoms with Crippen LogP contribution in [-0.2, 0) is 28.5 Å². The summed E-state index contributed by atoms with van der Waals surface area (Å²) in [5, 5.41) is 0. The summed E-state index contributed by atoms with van der Waals surface area (Å²) in [5.74, 6) is 5.32. The monoisotopic (exact) mass is 341 g/mol. The Morgan fingerprint density at radius 2 is 2.00 bits per heavy atom. The number of likely N-dealkylation sites (tertiary alicyclic amines) is 1. The smallest absolute Gasteiger partial charge is 0.331 e. The number of esters is 1. The highest BCUT2D eigenvalue weighted by Crippen LogP contribution is 2.23. The highest BCUT2D eigenvalue weighted by atomic mass is 16.7. The molecule has 1 atom stereocenters. The first kappa shape index (κ1) is 20.4. The average molecular weight is 341 g/mol. The molecule has 0 spiro atoms. The molecular weight excluding hydrogens is 314 g/mol. The van der Waals surface area contributed by atoms with Gasteiger partial charge in [-0.1, -0.05) is 11.8 Å². The van der Waals surface area contributed by atoms with E-state index in [0.717, 1.165) is 12.8 Å². The average Bonchev–Trinajstić information content (AvgIpc) is 2.58. The van der Waals surface area contributed by atoms with Gasteiger partial charge in [0.05, 0.1) is 19.7 Å².